The third-order valence-electron chi connectivity index (χ3n) is 7.83. The van der Waals surface area contributed by atoms with Crippen LogP contribution in [0.25, 0.3) is 0 Å². The van der Waals surface area contributed by atoms with Gasteiger partial charge in [-0.2, -0.15) is 26.3 Å². The quantitative estimate of drug-likeness (QED) is 0.383. The van der Waals surface area contributed by atoms with E-state index in [0.717, 1.165) is 24.9 Å². The van der Waals surface area contributed by atoms with Gasteiger partial charge in [0.05, 0.1) is 29.4 Å². The van der Waals surface area contributed by atoms with Gasteiger partial charge in [0.1, 0.15) is 5.82 Å². The number of amides is 1. The van der Waals surface area contributed by atoms with Crippen molar-refractivity contribution in [3.05, 3.63) is 70.5 Å². The topological polar surface area (TPSA) is 41.6 Å². The van der Waals surface area contributed by atoms with Crippen LogP contribution < -0.4 is 5.32 Å². The van der Waals surface area contributed by atoms with Crippen LogP contribution in [0.15, 0.2) is 42.5 Å². The summed E-state index contributed by atoms with van der Waals surface area (Å²) < 4.78 is 100. The first-order valence-corrected chi connectivity index (χ1v) is 12.9. The number of likely N-dealkylation sites (N-methyl/N-ethyl adjacent to an activating group) is 1. The highest BCUT2D eigenvalue weighted by atomic mass is 19.4. The number of carbonyl (C=O) groups excluding carboxylic acids is 1. The number of alkyl halides is 6. The summed E-state index contributed by atoms with van der Waals surface area (Å²) in [6.07, 6.45) is -8.73. The second-order valence-electron chi connectivity index (χ2n) is 10.3. The zero-order valence-electron chi connectivity index (χ0n) is 21.6. The zero-order valence-corrected chi connectivity index (χ0v) is 21.6. The summed E-state index contributed by atoms with van der Waals surface area (Å²) >= 11 is 0. The maximum Gasteiger partial charge on any atom is 0.416 e. The van der Waals surface area contributed by atoms with E-state index in [2.05, 4.69) is 10.2 Å². The van der Waals surface area contributed by atoms with E-state index in [1.54, 1.807) is 19.2 Å². The van der Waals surface area contributed by atoms with Gasteiger partial charge >= 0.3 is 12.4 Å². The SMILES string of the molecule is CNC(=O)[C@@H]1CCCN1CC1CCC(O[C@H](C)c2cc(C(F)(F)F)cc(C(F)(F)F)c2)C1c1ccc(F)cc1. The highest BCUT2D eigenvalue weighted by molar-refractivity contribution is 5.81. The molecule has 0 radical (unpaired) electrons. The summed E-state index contributed by atoms with van der Waals surface area (Å²) in [4.78, 5) is 14.5. The third kappa shape index (κ3) is 6.74. The zero-order chi connectivity index (χ0) is 28.5. The lowest BCUT2D eigenvalue weighted by atomic mass is 9.86. The van der Waals surface area contributed by atoms with E-state index in [0.29, 0.717) is 31.5 Å². The highest BCUT2D eigenvalue weighted by Gasteiger charge is 2.43. The van der Waals surface area contributed by atoms with Crippen molar-refractivity contribution in [3.63, 3.8) is 0 Å². The van der Waals surface area contributed by atoms with Gasteiger partial charge in [0.2, 0.25) is 5.91 Å². The fourth-order valence-corrected chi connectivity index (χ4v) is 5.93. The molecule has 1 heterocycles. The molecule has 1 aliphatic heterocycles. The van der Waals surface area contributed by atoms with E-state index in [4.69, 9.17) is 4.74 Å². The lowest BCUT2D eigenvalue weighted by molar-refractivity contribution is -0.143. The van der Waals surface area contributed by atoms with Crippen LogP contribution in [0, 0.1) is 11.7 Å². The molecule has 1 N–H and O–H groups in total. The lowest BCUT2D eigenvalue weighted by Gasteiger charge is -2.32. The molecule has 5 atom stereocenters. The maximum atomic E-state index is 13.7. The number of nitrogens with zero attached hydrogens (tertiary/aromatic N) is 1. The highest BCUT2D eigenvalue weighted by Crippen LogP contribution is 2.45. The van der Waals surface area contributed by atoms with E-state index in [1.807, 2.05) is 0 Å². The van der Waals surface area contributed by atoms with Gasteiger partial charge in [-0.15, -0.1) is 0 Å². The monoisotopic (exact) mass is 560 g/mol. The van der Waals surface area contributed by atoms with Gasteiger partial charge in [0.25, 0.3) is 0 Å². The number of likely N-dealkylation sites (tertiary alicyclic amines) is 1. The van der Waals surface area contributed by atoms with Gasteiger partial charge in [-0.3, -0.25) is 9.69 Å². The molecule has 1 saturated carbocycles. The summed E-state index contributed by atoms with van der Waals surface area (Å²) in [6, 6.07) is 7.11. The van der Waals surface area contributed by atoms with Gasteiger partial charge in [-0.05, 0) is 86.5 Å². The molecule has 39 heavy (non-hydrogen) atoms. The fraction of sp³-hybridized carbons (Fsp3) is 0.536. The average molecular weight is 561 g/mol. The lowest BCUT2D eigenvalue weighted by Crippen LogP contribution is -2.44. The van der Waals surface area contributed by atoms with Crippen molar-refractivity contribution in [1.82, 2.24) is 10.2 Å². The first-order chi connectivity index (χ1) is 18.3. The van der Waals surface area contributed by atoms with Crippen LogP contribution in [0.5, 0.6) is 0 Å². The van der Waals surface area contributed by atoms with Gasteiger partial charge in [0, 0.05) is 19.5 Å². The van der Waals surface area contributed by atoms with Crippen molar-refractivity contribution in [2.75, 3.05) is 20.1 Å². The standard InChI is InChI=1S/C28H31F7N2O2/c1-16(19-12-20(27(30,31)32)14-21(13-19)28(33,34)35)39-24-10-7-18(25(24)17-5-8-22(29)9-6-17)15-37-11-3-4-23(37)26(38)36-2/h5-6,8-9,12-14,16,18,23-25H,3-4,7,10-11,15H2,1-2H3,(H,36,38)/t16-,18?,23+,24?,25?/m1/s1. The predicted octanol–water partition coefficient (Wildman–Crippen LogP) is 6.71. The largest absolute Gasteiger partial charge is 0.416 e. The maximum absolute atomic E-state index is 13.7. The molecule has 2 aliphatic rings. The molecule has 0 spiro atoms. The normalized spacial score (nSPS) is 25.2. The summed E-state index contributed by atoms with van der Waals surface area (Å²) in [7, 11) is 1.58. The van der Waals surface area contributed by atoms with Crippen LogP contribution >= 0.6 is 0 Å². The first kappa shape index (κ1) is 29.3. The minimum Gasteiger partial charge on any atom is -0.370 e. The Bertz CT molecular complexity index is 1120. The van der Waals surface area contributed by atoms with Crippen molar-refractivity contribution < 1.29 is 40.3 Å². The summed E-state index contributed by atoms with van der Waals surface area (Å²) in [5.41, 5.74) is -2.24. The van der Waals surface area contributed by atoms with E-state index < -0.39 is 41.5 Å². The number of hydrogen-bond donors (Lipinski definition) is 1. The second-order valence-corrected chi connectivity index (χ2v) is 10.3. The number of nitrogens with one attached hydrogen (secondary N) is 1. The molecule has 1 aliphatic carbocycles. The van der Waals surface area contributed by atoms with E-state index in [1.165, 1.54) is 19.1 Å². The Kier molecular flexibility index (Phi) is 8.61. The van der Waals surface area contributed by atoms with Gasteiger partial charge < -0.3 is 10.1 Å². The minimum atomic E-state index is -4.96. The molecular formula is C28H31F7N2O2. The van der Waals surface area contributed by atoms with E-state index >= 15 is 0 Å². The molecule has 2 aromatic rings. The summed E-state index contributed by atoms with van der Waals surface area (Å²) in [5.74, 6) is -0.797. The molecule has 0 bridgehead atoms. The van der Waals surface area contributed by atoms with E-state index in [9.17, 15) is 35.5 Å². The average Bonchev–Trinajstić information content (AvgIpc) is 3.50. The van der Waals surface area contributed by atoms with Gasteiger partial charge in [-0.1, -0.05) is 12.1 Å². The summed E-state index contributed by atoms with van der Waals surface area (Å²) in [5, 5.41) is 2.69. The van der Waals surface area contributed by atoms with Crippen LogP contribution in [0.1, 0.15) is 66.9 Å². The molecule has 214 valence electrons. The molecule has 1 amide bonds. The fourth-order valence-electron chi connectivity index (χ4n) is 5.93. The van der Waals surface area contributed by atoms with Crippen LogP contribution in [0.2, 0.25) is 0 Å². The Balaban J connectivity index is 1.61. The third-order valence-corrected chi connectivity index (χ3v) is 7.83. The van der Waals surface area contributed by atoms with Crippen LogP contribution in [-0.4, -0.2) is 43.1 Å². The first-order valence-electron chi connectivity index (χ1n) is 12.9. The number of hydrogen-bond acceptors (Lipinski definition) is 3. The van der Waals surface area contributed by atoms with Crippen LogP contribution in [-0.2, 0) is 21.9 Å². The van der Waals surface area contributed by atoms with Crippen molar-refractivity contribution in [2.45, 2.75) is 69.1 Å². The van der Waals surface area contributed by atoms with Crippen LogP contribution in [0.4, 0.5) is 30.7 Å². The number of carbonyl (C=O) groups is 1. The number of rotatable bonds is 7. The molecule has 1 saturated heterocycles. The van der Waals surface area contributed by atoms with Crippen LogP contribution in [0.3, 0.4) is 0 Å². The molecule has 4 rings (SSSR count). The minimum absolute atomic E-state index is 0.00911. The Labute approximate surface area is 222 Å². The molecule has 2 fully saturated rings. The number of ether oxygens (including phenoxy) is 1. The second kappa shape index (κ2) is 11.4. The van der Waals surface area contributed by atoms with Crippen molar-refractivity contribution in [2.24, 2.45) is 5.92 Å². The van der Waals surface area contributed by atoms with Gasteiger partial charge in [0.15, 0.2) is 0 Å². The predicted molar refractivity (Wildman–Crippen MR) is 130 cm³/mol. The van der Waals surface area contributed by atoms with Crippen molar-refractivity contribution in [3.8, 4) is 0 Å². The molecule has 11 heteroatoms. The summed E-state index contributed by atoms with van der Waals surface area (Å²) in [6.45, 7) is 2.74. The Morgan fingerprint density at radius 2 is 1.62 bits per heavy atom. The Morgan fingerprint density at radius 3 is 2.18 bits per heavy atom. The van der Waals surface area contributed by atoms with E-state index in [-0.39, 0.29) is 35.4 Å². The van der Waals surface area contributed by atoms with Crippen molar-refractivity contribution >= 4 is 5.91 Å². The Morgan fingerprint density at radius 1 is 1.00 bits per heavy atom. The molecular weight excluding hydrogens is 529 g/mol. The molecule has 3 unspecified atom stereocenters. The molecule has 0 aromatic heterocycles. The number of benzene rings is 2. The number of halogens is 7. The molecule has 4 nitrogen and oxygen atoms in total. The van der Waals surface area contributed by atoms with Crippen molar-refractivity contribution in [1.29, 1.82) is 0 Å². The Hall–Kier alpha value is -2.66. The smallest absolute Gasteiger partial charge is 0.370 e. The molecule has 2 aromatic carbocycles. The van der Waals surface area contributed by atoms with Gasteiger partial charge in [-0.25, -0.2) is 4.39 Å².